The predicted octanol–water partition coefficient (Wildman–Crippen LogP) is 3.83. The third-order valence-electron chi connectivity index (χ3n) is 5.47. The maximum Gasteiger partial charge on any atom is 0.336 e. The van der Waals surface area contributed by atoms with Crippen LogP contribution in [0.1, 0.15) is 37.7 Å². The van der Waals surface area contributed by atoms with E-state index in [1.165, 1.54) is 31.7 Å². The summed E-state index contributed by atoms with van der Waals surface area (Å²) in [6.45, 7) is 1.86. The van der Waals surface area contributed by atoms with Crippen LogP contribution in [0.15, 0.2) is 33.5 Å². The fourth-order valence-electron chi connectivity index (χ4n) is 4.38. The first-order chi connectivity index (χ1) is 11.1. The van der Waals surface area contributed by atoms with E-state index in [0.717, 1.165) is 16.9 Å². The van der Waals surface area contributed by atoms with Crippen molar-refractivity contribution in [3.8, 4) is 5.75 Å². The van der Waals surface area contributed by atoms with E-state index in [4.69, 9.17) is 9.15 Å². The van der Waals surface area contributed by atoms with Crippen LogP contribution in [0.4, 0.5) is 0 Å². The van der Waals surface area contributed by atoms with Gasteiger partial charge >= 0.3 is 11.6 Å². The lowest BCUT2D eigenvalue weighted by atomic mass is 9.86. The van der Waals surface area contributed by atoms with Crippen molar-refractivity contribution in [2.24, 2.45) is 17.8 Å². The van der Waals surface area contributed by atoms with Gasteiger partial charge in [-0.3, -0.25) is 4.79 Å². The van der Waals surface area contributed by atoms with Crippen LogP contribution in [0.25, 0.3) is 11.0 Å². The minimum Gasteiger partial charge on any atom is -0.426 e. The summed E-state index contributed by atoms with van der Waals surface area (Å²) in [4.78, 5) is 23.7. The molecular formula is C19H20O4. The van der Waals surface area contributed by atoms with Crippen LogP contribution in [0.5, 0.6) is 5.75 Å². The zero-order chi connectivity index (χ0) is 16.0. The van der Waals surface area contributed by atoms with Crippen LogP contribution in [-0.2, 0) is 4.79 Å². The Kier molecular flexibility index (Phi) is 3.47. The van der Waals surface area contributed by atoms with Gasteiger partial charge in [-0.25, -0.2) is 4.79 Å². The van der Waals surface area contributed by atoms with E-state index < -0.39 is 0 Å². The van der Waals surface area contributed by atoms with Crippen LogP contribution in [0.2, 0.25) is 0 Å². The van der Waals surface area contributed by atoms with Gasteiger partial charge < -0.3 is 9.15 Å². The molecule has 0 saturated heterocycles. The molecule has 2 fully saturated rings. The highest BCUT2D eigenvalue weighted by atomic mass is 16.5. The van der Waals surface area contributed by atoms with E-state index in [0.29, 0.717) is 29.6 Å². The van der Waals surface area contributed by atoms with Crippen LogP contribution in [0, 0.1) is 24.7 Å². The summed E-state index contributed by atoms with van der Waals surface area (Å²) >= 11 is 0. The largest absolute Gasteiger partial charge is 0.426 e. The monoisotopic (exact) mass is 312 g/mol. The molecule has 23 heavy (non-hydrogen) atoms. The molecule has 2 aromatic rings. The van der Waals surface area contributed by atoms with Crippen LogP contribution >= 0.6 is 0 Å². The van der Waals surface area contributed by atoms with Gasteiger partial charge in [0.05, 0.1) is 0 Å². The molecule has 2 saturated carbocycles. The number of hydrogen-bond donors (Lipinski definition) is 0. The zero-order valence-corrected chi connectivity index (χ0v) is 13.2. The summed E-state index contributed by atoms with van der Waals surface area (Å²) in [5.74, 6) is 2.29. The Bertz CT molecular complexity index is 820. The molecule has 0 spiro atoms. The molecule has 4 heteroatoms. The fourth-order valence-corrected chi connectivity index (χ4v) is 4.38. The molecule has 1 aromatic heterocycles. The lowest BCUT2D eigenvalue weighted by molar-refractivity contribution is -0.135. The number of fused-ring (bicyclic) bond motifs is 3. The van der Waals surface area contributed by atoms with Gasteiger partial charge in [0.25, 0.3) is 0 Å². The van der Waals surface area contributed by atoms with Crippen molar-refractivity contribution in [1.29, 1.82) is 0 Å². The third-order valence-corrected chi connectivity index (χ3v) is 5.47. The van der Waals surface area contributed by atoms with Crippen molar-refractivity contribution in [2.45, 2.75) is 39.0 Å². The Morgan fingerprint density at radius 2 is 2.13 bits per heavy atom. The average Bonchev–Trinajstić information content (AvgIpc) is 3.09. The molecule has 3 atom stereocenters. The molecule has 0 unspecified atom stereocenters. The molecule has 4 nitrogen and oxygen atoms in total. The Morgan fingerprint density at radius 3 is 2.87 bits per heavy atom. The van der Waals surface area contributed by atoms with Gasteiger partial charge in [0, 0.05) is 23.9 Å². The topological polar surface area (TPSA) is 56.5 Å². The minimum absolute atomic E-state index is 0.183. The normalized spacial score (nSPS) is 25.9. The smallest absolute Gasteiger partial charge is 0.336 e. The molecular weight excluding hydrogens is 292 g/mol. The SMILES string of the molecule is Cc1cc(=O)oc2cc(OC(=O)C[C@@H]3C[C@@H]4CC[C@@H]3C4)ccc12. The zero-order valence-electron chi connectivity index (χ0n) is 13.2. The summed E-state index contributed by atoms with van der Waals surface area (Å²) in [5, 5.41) is 0.859. The third kappa shape index (κ3) is 2.78. The van der Waals surface area contributed by atoms with Gasteiger partial charge in [0.1, 0.15) is 11.3 Å². The van der Waals surface area contributed by atoms with Crippen LogP contribution < -0.4 is 10.4 Å². The molecule has 0 aliphatic heterocycles. The lowest BCUT2D eigenvalue weighted by Crippen LogP contribution is -2.18. The summed E-state index contributed by atoms with van der Waals surface area (Å²) < 4.78 is 10.7. The Balaban J connectivity index is 1.49. The van der Waals surface area contributed by atoms with Gasteiger partial charge in [0.15, 0.2) is 0 Å². The highest BCUT2D eigenvalue weighted by Gasteiger charge is 2.40. The quantitative estimate of drug-likeness (QED) is 0.491. The van der Waals surface area contributed by atoms with E-state index in [9.17, 15) is 9.59 Å². The first-order valence-electron chi connectivity index (χ1n) is 8.33. The molecule has 0 amide bonds. The second kappa shape index (κ2) is 5.52. The van der Waals surface area contributed by atoms with Crippen molar-refractivity contribution >= 4 is 16.9 Å². The van der Waals surface area contributed by atoms with Gasteiger partial charge in [0.2, 0.25) is 0 Å². The highest BCUT2D eigenvalue weighted by Crippen LogP contribution is 2.49. The Labute approximate surface area is 134 Å². The van der Waals surface area contributed by atoms with Gasteiger partial charge in [-0.05, 0) is 61.6 Å². The highest BCUT2D eigenvalue weighted by molar-refractivity contribution is 5.82. The van der Waals surface area contributed by atoms with E-state index in [2.05, 4.69) is 0 Å². The number of carbonyl (C=O) groups excluding carboxylic acids is 1. The molecule has 120 valence electrons. The van der Waals surface area contributed by atoms with Crippen LogP contribution in [0.3, 0.4) is 0 Å². The second-order valence-electron chi connectivity index (χ2n) is 7.02. The van der Waals surface area contributed by atoms with E-state index in [1.54, 1.807) is 12.1 Å². The fraction of sp³-hybridized carbons (Fsp3) is 0.474. The number of rotatable bonds is 3. The molecule has 2 bridgehead atoms. The maximum atomic E-state index is 12.2. The molecule has 0 N–H and O–H groups in total. The molecule has 2 aliphatic carbocycles. The van der Waals surface area contributed by atoms with Crippen molar-refractivity contribution in [1.82, 2.24) is 0 Å². The number of aryl methyl sites for hydroxylation is 1. The standard InChI is InChI=1S/C19H20O4/c1-11-6-18(20)23-17-10-15(4-5-16(11)17)22-19(21)9-14-8-12-2-3-13(14)7-12/h4-6,10,12-14H,2-3,7-9H2,1H3/t12-,13-,14+/m1/s1. The van der Waals surface area contributed by atoms with Crippen molar-refractivity contribution in [3.05, 3.63) is 40.2 Å². The number of esters is 1. The number of hydrogen-bond acceptors (Lipinski definition) is 4. The average molecular weight is 312 g/mol. The Hall–Kier alpha value is -2.10. The van der Waals surface area contributed by atoms with Gasteiger partial charge in [-0.15, -0.1) is 0 Å². The summed E-state index contributed by atoms with van der Waals surface area (Å²) in [6.07, 6.45) is 5.56. The first-order valence-corrected chi connectivity index (χ1v) is 8.33. The molecule has 4 rings (SSSR count). The van der Waals surface area contributed by atoms with Crippen LogP contribution in [-0.4, -0.2) is 5.97 Å². The number of ether oxygens (including phenoxy) is 1. The first kappa shape index (κ1) is 14.5. The minimum atomic E-state index is -0.388. The van der Waals surface area contributed by atoms with Gasteiger partial charge in [-0.2, -0.15) is 0 Å². The maximum absolute atomic E-state index is 12.2. The summed E-state index contributed by atoms with van der Waals surface area (Å²) in [5.41, 5.74) is 0.928. The molecule has 1 aromatic carbocycles. The number of carbonyl (C=O) groups is 1. The number of benzene rings is 1. The second-order valence-corrected chi connectivity index (χ2v) is 7.02. The summed E-state index contributed by atoms with van der Waals surface area (Å²) in [7, 11) is 0. The van der Waals surface area contributed by atoms with E-state index in [1.807, 2.05) is 13.0 Å². The van der Waals surface area contributed by atoms with E-state index >= 15 is 0 Å². The van der Waals surface area contributed by atoms with Crippen molar-refractivity contribution < 1.29 is 13.9 Å². The summed E-state index contributed by atoms with van der Waals surface area (Å²) in [6, 6.07) is 6.67. The lowest BCUT2D eigenvalue weighted by Gasteiger charge is -2.20. The van der Waals surface area contributed by atoms with E-state index in [-0.39, 0.29) is 11.6 Å². The Morgan fingerprint density at radius 1 is 1.26 bits per heavy atom. The molecule has 2 aliphatic rings. The molecule has 0 radical (unpaired) electrons. The van der Waals surface area contributed by atoms with Crippen molar-refractivity contribution in [2.75, 3.05) is 0 Å². The predicted molar refractivity (Wildman–Crippen MR) is 86.4 cm³/mol. The molecule has 1 heterocycles. The van der Waals surface area contributed by atoms with Gasteiger partial charge in [-0.1, -0.05) is 6.42 Å². The van der Waals surface area contributed by atoms with Crippen molar-refractivity contribution in [3.63, 3.8) is 0 Å².